The van der Waals surface area contributed by atoms with Gasteiger partial charge < -0.3 is 10.0 Å². The highest BCUT2D eigenvalue weighted by atomic mass is 16.4. The van der Waals surface area contributed by atoms with Crippen LogP contribution in [0.2, 0.25) is 0 Å². The van der Waals surface area contributed by atoms with E-state index < -0.39 is 5.97 Å². The van der Waals surface area contributed by atoms with Gasteiger partial charge in [0.2, 0.25) is 0 Å². The molecular weight excluding hydrogens is 178 g/mol. The third kappa shape index (κ3) is 1.78. The minimum absolute atomic E-state index is 0.0863. The summed E-state index contributed by atoms with van der Waals surface area (Å²) in [6.07, 6.45) is 5.48. The molecule has 3 nitrogen and oxygen atoms in total. The fourth-order valence-corrected chi connectivity index (χ4v) is 3.08. The monoisotopic (exact) mass is 197 g/mol. The highest BCUT2D eigenvalue weighted by Gasteiger charge is 2.37. The predicted molar refractivity (Wildman–Crippen MR) is 54.1 cm³/mol. The summed E-state index contributed by atoms with van der Waals surface area (Å²) >= 11 is 0. The van der Waals surface area contributed by atoms with Gasteiger partial charge in [0.25, 0.3) is 0 Å². The van der Waals surface area contributed by atoms with Gasteiger partial charge in [-0.05, 0) is 51.6 Å². The molecule has 1 saturated heterocycles. The van der Waals surface area contributed by atoms with E-state index in [1.807, 2.05) is 0 Å². The highest BCUT2D eigenvalue weighted by Crippen LogP contribution is 2.37. The van der Waals surface area contributed by atoms with Gasteiger partial charge in [0.05, 0.1) is 5.92 Å². The number of piperidine rings is 1. The van der Waals surface area contributed by atoms with E-state index in [1.165, 1.54) is 12.8 Å². The number of carboxylic acids is 1. The molecule has 0 amide bonds. The molecule has 0 spiro atoms. The first-order valence-corrected chi connectivity index (χ1v) is 5.61. The molecule has 2 rings (SSSR count). The van der Waals surface area contributed by atoms with Crippen LogP contribution >= 0.6 is 0 Å². The summed E-state index contributed by atoms with van der Waals surface area (Å²) in [6, 6.07) is 0.540. The van der Waals surface area contributed by atoms with Crippen LogP contribution < -0.4 is 0 Å². The van der Waals surface area contributed by atoms with E-state index in [0.29, 0.717) is 6.04 Å². The summed E-state index contributed by atoms with van der Waals surface area (Å²) in [5, 5.41) is 9.00. The molecule has 0 aromatic carbocycles. The number of carboxylic acid groups (broad SMARTS) is 1. The van der Waals surface area contributed by atoms with Crippen molar-refractivity contribution in [3.05, 3.63) is 0 Å². The van der Waals surface area contributed by atoms with Gasteiger partial charge in [-0.3, -0.25) is 4.79 Å². The molecule has 1 saturated carbocycles. The van der Waals surface area contributed by atoms with Gasteiger partial charge in [-0.1, -0.05) is 0 Å². The van der Waals surface area contributed by atoms with Crippen LogP contribution in [0, 0.1) is 11.8 Å². The first-order valence-electron chi connectivity index (χ1n) is 5.61. The summed E-state index contributed by atoms with van der Waals surface area (Å²) < 4.78 is 0. The predicted octanol–water partition coefficient (Wildman–Crippen LogP) is 1.58. The molecule has 2 aliphatic rings. The Labute approximate surface area is 85.1 Å². The van der Waals surface area contributed by atoms with Gasteiger partial charge in [-0.25, -0.2) is 0 Å². The average molecular weight is 197 g/mol. The summed E-state index contributed by atoms with van der Waals surface area (Å²) in [7, 11) is 2.14. The van der Waals surface area contributed by atoms with Crippen molar-refractivity contribution in [2.75, 3.05) is 13.6 Å². The Balaban J connectivity index is 2.01. The van der Waals surface area contributed by atoms with Crippen LogP contribution in [-0.4, -0.2) is 35.6 Å². The zero-order valence-electron chi connectivity index (χ0n) is 8.78. The van der Waals surface area contributed by atoms with E-state index in [-0.39, 0.29) is 5.92 Å². The van der Waals surface area contributed by atoms with Gasteiger partial charge in [-0.15, -0.1) is 0 Å². The maximum Gasteiger partial charge on any atom is 0.306 e. The molecule has 3 heteroatoms. The molecule has 0 bridgehead atoms. The van der Waals surface area contributed by atoms with E-state index in [9.17, 15) is 4.79 Å². The molecule has 1 aliphatic heterocycles. The van der Waals surface area contributed by atoms with Gasteiger partial charge in [0.15, 0.2) is 0 Å². The summed E-state index contributed by atoms with van der Waals surface area (Å²) in [6.45, 7) is 1.15. The van der Waals surface area contributed by atoms with Crippen LogP contribution in [0.3, 0.4) is 0 Å². The largest absolute Gasteiger partial charge is 0.481 e. The molecule has 2 fully saturated rings. The second-order valence-electron chi connectivity index (χ2n) is 4.80. The lowest BCUT2D eigenvalue weighted by Gasteiger charge is -2.43. The van der Waals surface area contributed by atoms with Crippen LogP contribution in [-0.2, 0) is 4.79 Å². The zero-order chi connectivity index (χ0) is 10.1. The molecule has 1 heterocycles. The second kappa shape index (κ2) is 3.89. The van der Waals surface area contributed by atoms with Crippen molar-refractivity contribution in [2.24, 2.45) is 11.8 Å². The molecule has 80 valence electrons. The molecular formula is C11H19NO2. The van der Waals surface area contributed by atoms with Crippen LogP contribution in [0.15, 0.2) is 0 Å². The first kappa shape index (κ1) is 9.97. The van der Waals surface area contributed by atoms with Crippen LogP contribution in [0.1, 0.15) is 32.1 Å². The van der Waals surface area contributed by atoms with Gasteiger partial charge in [-0.2, -0.15) is 0 Å². The van der Waals surface area contributed by atoms with E-state index in [1.54, 1.807) is 0 Å². The zero-order valence-corrected chi connectivity index (χ0v) is 8.78. The smallest absolute Gasteiger partial charge is 0.306 e. The quantitative estimate of drug-likeness (QED) is 0.694. The maximum absolute atomic E-state index is 10.9. The third-order valence-electron chi connectivity index (χ3n) is 3.96. The van der Waals surface area contributed by atoms with Crippen LogP contribution in [0.25, 0.3) is 0 Å². The van der Waals surface area contributed by atoms with E-state index in [4.69, 9.17) is 5.11 Å². The van der Waals surface area contributed by atoms with Gasteiger partial charge in [0.1, 0.15) is 0 Å². The molecule has 3 atom stereocenters. The summed E-state index contributed by atoms with van der Waals surface area (Å²) in [5.74, 6) is 0.0866. The fraction of sp³-hybridized carbons (Fsp3) is 0.909. The molecule has 3 unspecified atom stereocenters. The highest BCUT2D eigenvalue weighted by molar-refractivity contribution is 5.70. The lowest BCUT2D eigenvalue weighted by atomic mass is 9.74. The summed E-state index contributed by atoms with van der Waals surface area (Å²) in [4.78, 5) is 13.3. The Kier molecular flexibility index (Phi) is 2.77. The van der Waals surface area contributed by atoms with E-state index in [0.717, 1.165) is 31.7 Å². The third-order valence-corrected chi connectivity index (χ3v) is 3.96. The van der Waals surface area contributed by atoms with Crippen molar-refractivity contribution in [3.8, 4) is 0 Å². The first-order chi connectivity index (χ1) is 6.68. The molecule has 14 heavy (non-hydrogen) atoms. The SMILES string of the molecule is CN1CCCC2CCC(C(=O)O)CC21. The number of fused-ring (bicyclic) bond motifs is 1. The number of hydrogen-bond donors (Lipinski definition) is 1. The topological polar surface area (TPSA) is 40.5 Å². The molecule has 1 aliphatic carbocycles. The van der Waals surface area contributed by atoms with Crippen molar-refractivity contribution in [1.29, 1.82) is 0 Å². The number of likely N-dealkylation sites (tertiary alicyclic amines) is 1. The molecule has 0 radical (unpaired) electrons. The van der Waals surface area contributed by atoms with Gasteiger partial charge in [0, 0.05) is 6.04 Å². The lowest BCUT2D eigenvalue weighted by Crippen LogP contribution is -2.47. The van der Waals surface area contributed by atoms with Crippen molar-refractivity contribution < 1.29 is 9.90 Å². The Morgan fingerprint density at radius 3 is 2.86 bits per heavy atom. The Morgan fingerprint density at radius 2 is 2.14 bits per heavy atom. The molecule has 1 N–H and O–H groups in total. The van der Waals surface area contributed by atoms with Crippen LogP contribution in [0.4, 0.5) is 0 Å². The Bertz CT molecular complexity index is 229. The van der Waals surface area contributed by atoms with Crippen molar-refractivity contribution >= 4 is 5.97 Å². The number of carbonyl (C=O) groups is 1. The number of rotatable bonds is 1. The Hall–Kier alpha value is -0.570. The summed E-state index contributed by atoms with van der Waals surface area (Å²) in [5.41, 5.74) is 0. The fourth-order valence-electron chi connectivity index (χ4n) is 3.08. The van der Waals surface area contributed by atoms with Crippen molar-refractivity contribution in [1.82, 2.24) is 4.90 Å². The maximum atomic E-state index is 10.9. The Morgan fingerprint density at radius 1 is 1.36 bits per heavy atom. The van der Waals surface area contributed by atoms with Crippen molar-refractivity contribution in [2.45, 2.75) is 38.1 Å². The molecule has 0 aromatic heterocycles. The minimum atomic E-state index is -0.595. The number of hydrogen-bond acceptors (Lipinski definition) is 2. The molecule has 0 aromatic rings. The van der Waals surface area contributed by atoms with E-state index >= 15 is 0 Å². The standard InChI is InChI=1S/C11H19NO2/c1-12-6-2-3-8-4-5-9(11(13)14)7-10(8)12/h8-10H,2-7H2,1H3,(H,13,14). The van der Waals surface area contributed by atoms with Gasteiger partial charge >= 0.3 is 5.97 Å². The van der Waals surface area contributed by atoms with E-state index in [2.05, 4.69) is 11.9 Å². The normalized spacial score (nSPS) is 39.1. The second-order valence-corrected chi connectivity index (χ2v) is 4.80. The number of aliphatic carboxylic acids is 1. The van der Waals surface area contributed by atoms with Crippen LogP contribution in [0.5, 0.6) is 0 Å². The average Bonchev–Trinajstić information content (AvgIpc) is 2.18. The lowest BCUT2D eigenvalue weighted by molar-refractivity contribution is -0.144. The van der Waals surface area contributed by atoms with Crippen molar-refractivity contribution in [3.63, 3.8) is 0 Å². The number of nitrogens with zero attached hydrogens (tertiary/aromatic N) is 1. The minimum Gasteiger partial charge on any atom is -0.481 e.